The van der Waals surface area contributed by atoms with Crippen molar-refractivity contribution in [1.82, 2.24) is 25.5 Å². The molecular formula is C21H40IN7. The Balaban J connectivity index is 0.00000420. The van der Waals surface area contributed by atoms with Crippen LogP contribution in [0, 0.1) is 0 Å². The Morgan fingerprint density at radius 3 is 2.48 bits per heavy atom. The summed E-state index contributed by atoms with van der Waals surface area (Å²) in [6, 6.07) is 2.33. The Morgan fingerprint density at radius 2 is 1.83 bits per heavy atom. The molecule has 1 fully saturated rings. The number of nitrogens with zero attached hydrogens (tertiary/aromatic N) is 5. The molecule has 0 radical (unpaired) electrons. The van der Waals surface area contributed by atoms with Crippen molar-refractivity contribution in [3.05, 3.63) is 18.5 Å². The van der Waals surface area contributed by atoms with Gasteiger partial charge in [0.25, 0.3) is 0 Å². The van der Waals surface area contributed by atoms with Crippen molar-refractivity contribution in [2.24, 2.45) is 4.99 Å². The van der Waals surface area contributed by atoms with Gasteiger partial charge in [-0.05, 0) is 32.8 Å². The standard InChI is InChI=1S/C21H39N7.HI/c1-4-6-7-10-19(3)26-20(22-5-2)23-13-9-14-27-15-17-28(18-16-27)21-24-11-8-12-25-21;/h8,11-12,19H,4-7,9-10,13-18H2,1-3H3,(H2,22,23,26);1H. The second-order valence-corrected chi connectivity index (χ2v) is 7.53. The van der Waals surface area contributed by atoms with Crippen molar-refractivity contribution in [1.29, 1.82) is 0 Å². The number of unbranched alkanes of at least 4 members (excludes halogenated alkanes) is 2. The Bertz CT molecular complexity index is 547. The lowest BCUT2D eigenvalue weighted by atomic mass is 10.1. The molecule has 2 rings (SSSR count). The van der Waals surface area contributed by atoms with E-state index in [9.17, 15) is 0 Å². The molecule has 1 aromatic rings. The van der Waals surface area contributed by atoms with Gasteiger partial charge < -0.3 is 15.5 Å². The summed E-state index contributed by atoms with van der Waals surface area (Å²) in [6.07, 6.45) is 9.78. The Morgan fingerprint density at radius 1 is 1.10 bits per heavy atom. The highest BCUT2D eigenvalue weighted by atomic mass is 127. The molecule has 1 aliphatic rings. The molecule has 166 valence electrons. The van der Waals surface area contributed by atoms with E-state index in [4.69, 9.17) is 4.99 Å². The van der Waals surface area contributed by atoms with Gasteiger partial charge in [0.1, 0.15) is 0 Å². The third kappa shape index (κ3) is 10.4. The van der Waals surface area contributed by atoms with Crippen LogP contribution in [0.25, 0.3) is 0 Å². The van der Waals surface area contributed by atoms with E-state index in [0.717, 1.165) is 64.1 Å². The number of rotatable bonds is 11. The SMILES string of the molecule is CCCCCC(C)NC(=NCCCN1CCN(c2ncccn2)CC1)NCC.I. The first-order valence-corrected chi connectivity index (χ1v) is 11.0. The van der Waals surface area contributed by atoms with E-state index in [0.29, 0.717) is 6.04 Å². The lowest BCUT2D eigenvalue weighted by Gasteiger charge is -2.34. The van der Waals surface area contributed by atoms with Crippen molar-refractivity contribution in [3.8, 4) is 0 Å². The Hall–Kier alpha value is -1.16. The van der Waals surface area contributed by atoms with Crippen LogP contribution in [0.4, 0.5) is 5.95 Å². The minimum Gasteiger partial charge on any atom is -0.357 e. The number of aromatic nitrogens is 2. The van der Waals surface area contributed by atoms with Gasteiger partial charge in [-0.1, -0.05) is 26.2 Å². The summed E-state index contributed by atoms with van der Waals surface area (Å²) < 4.78 is 0. The number of aliphatic imine (C=N–C) groups is 1. The van der Waals surface area contributed by atoms with Crippen molar-refractivity contribution in [2.45, 2.75) is 58.9 Å². The van der Waals surface area contributed by atoms with Crippen molar-refractivity contribution in [2.75, 3.05) is 50.7 Å². The zero-order valence-corrected chi connectivity index (χ0v) is 20.8. The van der Waals surface area contributed by atoms with Gasteiger partial charge >= 0.3 is 0 Å². The molecule has 0 saturated carbocycles. The van der Waals surface area contributed by atoms with Crippen molar-refractivity contribution in [3.63, 3.8) is 0 Å². The molecule has 1 aromatic heterocycles. The number of hydrogen-bond donors (Lipinski definition) is 2. The summed E-state index contributed by atoms with van der Waals surface area (Å²) in [4.78, 5) is 18.3. The maximum atomic E-state index is 4.77. The van der Waals surface area contributed by atoms with Crippen LogP contribution in [0.5, 0.6) is 0 Å². The molecule has 29 heavy (non-hydrogen) atoms. The second-order valence-electron chi connectivity index (χ2n) is 7.53. The molecule has 0 bridgehead atoms. The topological polar surface area (TPSA) is 68.7 Å². The van der Waals surface area contributed by atoms with Gasteiger partial charge in [-0.2, -0.15) is 0 Å². The minimum atomic E-state index is 0. The summed E-state index contributed by atoms with van der Waals surface area (Å²) in [7, 11) is 0. The molecule has 0 aliphatic carbocycles. The fourth-order valence-corrected chi connectivity index (χ4v) is 3.44. The summed E-state index contributed by atoms with van der Waals surface area (Å²) in [5.41, 5.74) is 0. The van der Waals surface area contributed by atoms with Crippen LogP contribution >= 0.6 is 24.0 Å². The van der Waals surface area contributed by atoms with E-state index >= 15 is 0 Å². The lowest BCUT2D eigenvalue weighted by molar-refractivity contribution is 0.255. The van der Waals surface area contributed by atoms with Crippen molar-refractivity contribution >= 4 is 35.9 Å². The zero-order valence-electron chi connectivity index (χ0n) is 18.4. The number of anilines is 1. The Labute approximate surface area is 194 Å². The number of piperazine rings is 1. The number of nitrogens with one attached hydrogen (secondary N) is 2. The van der Waals surface area contributed by atoms with Crippen LogP contribution in [0.3, 0.4) is 0 Å². The first-order valence-electron chi connectivity index (χ1n) is 11.0. The molecule has 0 spiro atoms. The predicted octanol–water partition coefficient (Wildman–Crippen LogP) is 3.13. The normalized spacial score (nSPS) is 16.2. The van der Waals surface area contributed by atoms with Gasteiger partial charge in [-0.3, -0.25) is 9.89 Å². The molecule has 1 atom stereocenters. The van der Waals surface area contributed by atoms with E-state index < -0.39 is 0 Å². The van der Waals surface area contributed by atoms with Crippen LogP contribution in [-0.2, 0) is 0 Å². The molecule has 1 aliphatic heterocycles. The predicted molar refractivity (Wildman–Crippen MR) is 133 cm³/mol. The van der Waals surface area contributed by atoms with Crippen molar-refractivity contribution < 1.29 is 0 Å². The van der Waals surface area contributed by atoms with E-state index in [-0.39, 0.29) is 24.0 Å². The first-order chi connectivity index (χ1) is 13.7. The smallest absolute Gasteiger partial charge is 0.225 e. The van der Waals surface area contributed by atoms with Gasteiger partial charge in [0.2, 0.25) is 5.95 Å². The quantitative estimate of drug-likeness (QED) is 0.204. The largest absolute Gasteiger partial charge is 0.357 e. The van der Waals surface area contributed by atoms with E-state index in [1.807, 2.05) is 18.5 Å². The molecule has 0 aromatic carbocycles. The maximum absolute atomic E-state index is 4.77. The molecule has 0 amide bonds. The third-order valence-electron chi connectivity index (χ3n) is 5.08. The highest BCUT2D eigenvalue weighted by Gasteiger charge is 2.18. The molecular weight excluding hydrogens is 477 g/mol. The van der Waals surface area contributed by atoms with E-state index in [1.165, 1.54) is 25.7 Å². The molecule has 2 heterocycles. The second kappa shape index (κ2) is 15.6. The summed E-state index contributed by atoms with van der Waals surface area (Å²) >= 11 is 0. The molecule has 1 saturated heterocycles. The molecule has 2 N–H and O–H groups in total. The highest BCUT2D eigenvalue weighted by Crippen LogP contribution is 2.09. The maximum Gasteiger partial charge on any atom is 0.225 e. The lowest BCUT2D eigenvalue weighted by Crippen LogP contribution is -2.47. The van der Waals surface area contributed by atoms with E-state index in [2.05, 4.69) is 51.2 Å². The fourth-order valence-electron chi connectivity index (χ4n) is 3.44. The minimum absolute atomic E-state index is 0. The number of hydrogen-bond acceptors (Lipinski definition) is 5. The molecule has 7 nitrogen and oxygen atoms in total. The summed E-state index contributed by atoms with van der Waals surface area (Å²) in [5.74, 6) is 1.80. The average Bonchev–Trinajstić information content (AvgIpc) is 2.72. The van der Waals surface area contributed by atoms with Crippen LogP contribution in [0.1, 0.15) is 52.9 Å². The number of guanidine groups is 1. The summed E-state index contributed by atoms with van der Waals surface area (Å²) in [5, 5.41) is 6.91. The van der Waals surface area contributed by atoms with Gasteiger partial charge in [0.05, 0.1) is 0 Å². The molecule has 1 unspecified atom stereocenters. The van der Waals surface area contributed by atoms with Crippen LogP contribution < -0.4 is 15.5 Å². The monoisotopic (exact) mass is 517 g/mol. The fraction of sp³-hybridized carbons (Fsp3) is 0.762. The van der Waals surface area contributed by atoms with Gasteiger partial charge in [0, 0.05) is 64.2 Å². The average molecular weight is 518 g/mol. The summed E-state index contributed by atoms with van der Waals surface area (Å²) in [6.45, 7) is 13.6. The number of halogens is 1. The van der Waals surface area contributed by atoms with Crippen LogP contribution in [0.2, 0.25) is 0 Å². The van der Waals surface area contributed by atoms with Gasteiger partial charge in [-0.25, -0.2) is 9.97 Å². The van der Waals surface area contributed by atoms with E-state index in [1.54, 1.807) is 0 Å². The van der Waals surface area contributed by atoms with Gasteiger partial charge in [-0.15, -0.1) is 24.0 Å². The third-order valence-corrected chi connectivity index (χ3v) is 5.08. The van der Waals surface area contributed by atoms with Crippen LogP contribution in [0.15, 0.2) is 23.5 Å². The zero-order chi connectivity index (χ0) is 20.0. The molecule has 8 heteroatoms. The first kappa shape index (κ1) is 25.9. The Kier molecular flexibility index (Phi) is 14.0. The highest BCUT2D eigenvalue weighted by molar-refractivity contribution is 14.0. The van der Waals surface area contributed by atoms with Crippen LogP contribution in [-0.4, -0.2) is 72.7 Å². The van der Waals surface area contributed by atoms with Gasteiger partial charge in [0.15, 0.2) is 5.96 Å².